The molecule has 1 atom stereocenters. The Labute approximate surface area is 167 Å². The lowest BCUT2D eigenvalue weighted by molar-refractivity contribution is -0.119. The van der Waals surface area contributed by atoms with Crippen molar-refractivity contribution in [3.8, 4) is 11.1 Å². The summed E-state index contributed by atoms with van der Waals surface area (Å²) in [7, 11) is 0. The van der Waals surface area contributed by atoms with Crippen molar-refractivity contribution >= 4 is 23.3 Å². The third kappa shape index (κ3) is 4.07. The molecule has 0 aliphatic heterocycles. The Morgan fingerprint density at radius 1 is 0.964 bits per heavy atom. The van der Waals surface area contributed by atoms with Crippen LogP contribution in [0.1, 0.15) is 18.5 Å². The fourth-order valence-electron chi connectivity index (χ4n) is 3.01. The van der Waals surface area contributed by atoms with E-state index in [1.807, 2.05) is 53.9 Å². The van der Waals surface area contributed by atoms with Crippen LogP contribution in [-0.2, 0) is 4.79 Å². The minimum atomic E-state index is -0.0620. The first-order chi connectivity index (χ1) is 13.7. The van der Waals surface area contributed by atoms with Gasteiger partial charge in [-0.25, -0.2) is 0 Å². The van der Waals surface area contributed by atoms with Gasteiger partial charge in [0, 0.05) is 6.20 Å². The van der Waals surface area contributed by atoms with Crippen LogP contribution in [0, 0.1) is 0 Å². The highest BCUT2D eigenvalue weighted by Crippen LogP contribution is 2.22. The molecule has 0 aliphatic carbocycles. The van der Waals surface area contributed by atoms with Crippen LogP contribution >= 0.6 is 11.8 Å². The van der Waals surface area contributed by atoms with E-state index >= 15 is 0 Å². The third-order valence-electron chi connectivity index (χ3n) is 4.51. The number of nitrogens with one attached hydrogen (secondary N) is 1. The van der Waals surface area contributed by atoms with Gasteiger partial charge in [0.2, 0.25) is 5.91 Å². The molecular formula is C22H20N4OS. The molecule has 0 fully saturated rings. The zero-order chi connectivity index (χ0) is 19.3. The minimum Gasteiger partial charge on any atom is -0.349 e. The van der Waals surface area contributed by atoms with Crippen molar-refractivity contribution < 1.29 is 4.79 Å². The highest BCUT2D eigenvalue weighted by molar-refractivity contribution is 7.99. The number of thioether (sulfide) groups is 1. The first-order valence-electron chi connectivity index (χ1n) is 9.08. The second-order valence-electron chi connectivity index (χ2n) is 6.48. The van der Waals surface area contributed by atoms with Crippen molar-refractivity contribution in [2.75, 3.05) is 5.75 Å². The maximum Gasteiger partial charge on any atom is 0.230 e. The van der Waals surface area contributed by atoms with E-state index < -0.39 is 0 Å². The Morgan fingerprint density at radius 2 is 1.68 bits per heavy atom. The number of fused-ring (bicyclic) bond motifs is 1. The van der Waals surface area contributed by atoms with Gasteiger partial charge in [0.25, 0.3) is 0 Å². The molecule has 5 nitrogen and oxygen atoms in total. The summed E-state index contributed by atoms with van der Waals surface area (Å²) in [5.41, 5.74) is 4.20. The second-order valence-corrected chi connectivity index (χ2v) is 7.42. The number of carbonyl (C=O) groups is 1. The van der Waals surface area contributed by atoms with Crippen LogP contribution in [0.2, 0.25) is 0 Å². The fourth-order valence-corrected chi connectivity index (χ4v) is 3.74. The van der Waals surface area contributed by atoms with Crippen LogP contribution in [0.5, 0.6) is 0 Å². The van der Waals surface area contributed by atoms with E-state index in [-0.39, 0.29) is 11.9 Å². The number of pyridine rings is 1. The van der Waals surface area contributed by atoms with Gasteiger partial charge in [0.15, 0.2) is 10.8 Å². The zero-order valence-electron chi connectivity index (χ0n) is 15.4. The van der Waals surface area contributed by atoms with Crippen LogP contribution < -0.4 is 5.32 Å². The van der Waals surface area contributed by atoms with Gasteiger partial charge in [-0.2, -0.15) is 0 Å². The third-order valence-corrected chi connectivity index (χ3v) is 5.45. The molecule has 2 aromatic heterocycles. The van der Waals surface area contributed by atoms with E-state index in [4.69, 9.17) is 0 Å². The van der Waals surface area contributed by atoms with Crippen LogP contribution in [0.25, 0.3) is 16.8 Å². The summed E-state index contributed by atoms with van der Waals surface area (Å²) in [5, 5.41) is 12.0. The topological polar surface area (TPSA) is 59.3 Å². The summed E-state index contributed by atoms with van der Waals surface area (Å²) in [6.07, 6.45) is 1.90. The molecule has 0 saturated carbocycles. The van der Waals surface area contributed by atoms with Crippen LogP contribution in [0.3, 0.4) is 0 Å². The molecule has 140 valence electrons. The maximum absolute atomic E-state index is 12.4. The molecule has 2 heterocycles. The Morgan fingerprint density at radius 3 is 2.46 bits per heavy atom. The Bertz CT molecular complexity index is 1080. The van der Waals surface area contributed by atoms with Gasteiger partial charge in [-0.05, 0) is 35.7 Å². The van der Waals surface area contributed by atoms with Gasteiger partial charge >= 0.3 is 0 Å². The van der Waals surface area contributed by atoms with Gasteiger partial charge in [0.1, 0.15) is 0 Å². The van der Waals surface area contributed by atoms with Crippen molar-refractivity contribution in [1.82, 2.24) is 19.9 Å². The van der Waals surface area contributed by atoms with E-state index in [9.17, 15) is 4.79 Å². The SMILES string of the molecule is CC(NC(=O)CSc1nnc2ccccn12)c1ccc(-c2ccccc2)cc1. The van der Waals surface area contributed by atoms with E-state index in [0.717, 1.165) is 16.8 Å². The molecule has 1 N–H and O–H groups in total. The second kappa shape index (κ2) is 8.27. The first kappa shape index (κ1) is 18.3. The summed E-state index contributed by atoms with van der Waals surface area (Å²) in [6.45, 7) is 1.99. The number of carbonyl (C=O) groups excluding carboxylic acids is 1. The monoisotopic (exact) mass is 388 g/mol. The molecule has 0 spiro atoms. The predicted octanol–water partition coefficient (Wildman–Crippen LogP) is 4.37. The van der Waals surface area contributed by atoms with Crippen molar-refractivity contribution in [2.45, 2.75) is 18.1 Å². The Balaban J connectivity index is 1.35. The van der Waals surface area contributed by atoms with Crippen LogP contribution in [0.15, 0.2) is 84.1 Å². The lowest BCUT2D eigenvalue weighted by atomic mass is 10.0. The fraction of sp³-hybridized carbons (Fsp3) is 0.136. The quantitative estimate of drug-likeness (QED) is 0.499. The smallest absolute Gasteiger partial charge is 0.230 e. The number of amides is 1. The molecule has 28 heavy (non-hydrogen) atoms. The van der Waals surface area contributed by atoms with Crippen molar-refractivity contribution in [1.29, 1.82) is 0 Å². The summed E-state index contributed by atoms with van der Waals surface area (Å²) in [6, 6.07) is 24.2. The number of aromatic nitrogens is 3. The van der Waals surface area contributed by atoms with Gasteiger partial charge in [0.05, 0.1) is 11.8 Å². The molecule has 0 radical (unpaired) electrons. The summed E-state index contributed by atoms with van der Waals surface area (Å²) in [4.78, 5) is 12.4. The predicted molar refractivity (Wildman–Crippen MR) is 112 cm³/mol. The molecule has 0 bridgehead atoms. The van der Waals surface area contributed by atoms with E-state index in [1.165, 1.54) is 17.3 Å². The van der Waals surface area contributed by atoms with E-state index in [1.54, 1.807) is 0 Å². The number of rotatable bonds is 6. The Hall–Kier alpha value is -3.12. The average molecular weight is 388 g/mol. The molecule has 2 aromatic carbocycles. The van der Waals surface area contributed by atoms with Crippen molar-refractivity contribution in [3.63, 3.8) is 0 Å². The molecule has 4 aromatic rings. The molecule has 1 amide bonds. The summed E-state index contributed by atoms with van der Waals surface area (Å²) in [5.74, 6) is 0.264. The highest BCUT2D eigenvalue weighted by Gasteiger charge is 2.12. The lowest BCUT2D eigenvalue weighted by Gasteiger charge is -2.14. The average Bonchev–Trinajstić information content (AvgIpc) is 3.16. The molecule has 1 unspecified atom stereocenters. The normalized spacial score (nSPS) is 12.0. The molecule has 6 heteroatoms. The molecule has 0 saturated heterocycles. The van der Waals surface area contributed by atoms with Crippen LogP contribution in [0.4, 0.5) is 0 Å². The van der Waals surface area contributed by atoms with Crippen LogP contribution in [-0.4, -0.2) is 26.3 Å². The molecule has 0 aliphatic rings. The zero-order valence-corrected chi connectivity index (χ0v) is 16.3. The maximum atomic E-state index is 12.4. The standard InChI is InChI=1S/C22H20N4OS/c1-16(17-10-12-19(13-11-17)18-7-3-2-4-8-18)23-21(27)15-28-22-25-24-20-9-5-6-14-26(20)22/h2-14,16H,15H2,1H3,(H,23,27). The van der Waals surface area contributed by atoms with E-state index in [2.05, 4.69) is 51.9 Å². The largest absolute Gasteiger partial charge is 0.349 e. The van der Waals surface area contributed by atoms with Crippen molar-refractivity contribution in [2.24, 2.45) is 0 Å². The highest BCUT2D eigenvalue weighted by atomic mass is 32.2. The number of benzene rings is 2. The van der Waals surface area contributed by atoms with Gasteiger partial charge in [-0.3, -0.25) is 9.20 Å². The number of nitrogens with zero attached hydrogens (tertiary/aromatic N) is 3. The summed E-state index contributed by atoms with van der Waals surface area (Å²) >= 11 is 1.38. The number of hydrogen-bond acceptors (Lipinski definition) is 4. The molecular weight excluding hydrogens is 368 g/mol. The lowest BCUT2D eigenvalue weighted by Crippen LogP contribution is -2.28. The minimum absolute atomic E-state index is 0.0303. The Kier molecular flexibility index (Phi) is 5.39. The summed E-state index contributed by atoms with van der Waals surface area (Å²) < 4.78 is 1.88. The molecule has 4 rings (SSSR count). The van der Waals surface area contributed by atoms with E-state index in [0.29, 0.717) is 10.9 Å². The van der Waals surface area contributed by atoms with Gasteiger partial charge < -0.3 is 5.32 Å². The van der Waals surface area contributed by atoms with Gasteiger partial charge in [-0.1, -0.05) is 72.4 Å². The van der Waals surface area contributed by atoms with Crippen molar-refractivity contribution in [3.05, 3.63) is 84.6 Å². The number of hydrogen-bond donors (Lipinski definition) is 1. The van der Waals surface area contributed by atoms with Gasteiger partial charge in [-0.15, -0.1) is 10.2 Å². The first-order valence-corrected chi connectivity index (χ1v) is 10.1.